The SMILES string of the molecule is CCCCC(CC)(CO)CCS(=O)(=O)CC. The number of hydrogen-bond donors (Lipinski definition) is 1. The Morgan fingerprint density at radius 3 is 2.12 bits per heavy atom. The first-order valence-electron chi connectivity index (χ1n) is 6.26. The minimum Gasteiger partial charge on any atom is -0.396 e. The van der Waals surface area contributed by atoms with Crippen molar-refractivity contribution < 1.29 is 13.5 Å². The van der Waals surface area contributed by atoms with Crippen LogP contribution in [0.1, 0.15) is 52.9 Å². The minimum absolute atomic E-state index is 0.0999. The minimum atomic E-state index is -2.91. The van der Waals surface area contributed by atoms with Gasteiger partial charge in [0.15, 0.2) is 0 Å². The third-order valence-corrected chi connectivity index (χ3v) is 5.24. The highest BCUT2D eigenvalue weighted by atomic mass is 32.2. The molecule has 0 bridgehead atoms. The van der Waals surface area contributed by atoms with Gasteiger partial charge in [0.1, 0.15) is 9.84 Å². The topological polar surface area (TPSA) is 54.4 Å². The Bertz CT molecular complexity index is 266. The van der Waals surface area contributed by atoms with E-state index in [0.717, 1.165) is 25.7 Å². The van der Waals surface area contributed by atoms with Crippen molar-refractivity contribution in [1.29, 1.82) is 0 Å². The van der Waals surface area contributed by atoms with E-state index in [9.17, 15) is 13.5 Å². The fourth-order valence-corrected chi connectivity index (χ4v) is 2.85. The van der Waals surface area contributed by atoms with E-state index in [2.05, 4.69) is 6.92 Å². The molecule has 16 heavy (non-hydrogen) atoms. The zero-order chi connectivity index (χ0) is 12.7. The Kier molecular flexibility index (Phi) is 7.24. The molecular formula is C12H26O3S. The molecule has 0 saturated heterocycles. The van der Waals surface area contributed by atoms with Gasteiger partial charge in [-0.25, -0.2) is 8.42 Å². The summed E-state index contributed by atoms with van der Waals surface area (Å²) in [4.78, 5) is 0. The molecule has 0 aliphatic heterocycles. The van der Waals surface area contributed by atoms with Crippen LogP contribution in [-0.4, -0.2) is 31.6 Å². The summed E-state index contributed by atoms with van der Waals surface area (Å²) in [6.45, 7) is 5.92. The van der Waals surface area contributed by atoms with Crippen LogP contribution in [0.15, 0.2) is 0 Å². The molecule has 1 N–H and O–H groups in total. The molecule has 0 aromatic rings. The highest BCUT2D eigenvalue weighted by molar-refractivity contribution is 7.91. The highest BCUT2D eigenvalue weighted by Crippen LogP contribution is 2.32. The lowest BCUT2D eigenvalue weighted by molar-refractivity contribution is 0.103. The average molecular weight is 250 g/mol. The van der Waals surface area contributed by atoms with Crippen LogP contribution in [0.25, 0.3) is 0 Å². The van der Waals surface area contributed by atoms with Gasteiger partial charge in [0.05, 0.1) is 5.75 Å². The quantitative estimate of drug-likeness (QED) is 0.683. The molecule has 0 aromatic heterocycles. The van der Waals surface area contributed by atoms with Gasteiger partial charge in [0, 0.05) is 12.4 Å². The summed E-state index contributed by atoms with van der Waals surface area (Å²) in [5.41, 5.74) is -0.182. The second-order valence-electron chi connectivity index (χ2n) is 4.60. The Hall–Kier alpha value is -0.0900. The number of aliphatic hydroxyl groups is 1. The van der Waals surface area contributed by atoms with Gasteiger partial charge in [-0.3, -0.25) is 0 Å². The Morgan fingerprint density at radius 2 is 1.75 bits per heavy atom. The van der Waals surface area contributed by atoms with E-state index < -0.39 is 9.84 Å². The fourth-order valence-electron chi connectivity index (χ4n) is 1.82. The summed E-state index contributed by atoms with van der Waals surface area (Å²) in [7, 11) is -2.91. The molecule has 0 aliphatic rings. The molecular weight excluding hydrogens is 224 g/mol. The maximum absolute atomic E-state index is 11.5. The fraction of sp³-hybridized carbons (Fsp3) is 1.00. The van der Waals surface area contributed by atoms with Crippen LogP contribution in [0.2, 0.25) is 0 Å². The molecule has 0 fully saturated rings. The van der Waals surface area contributed by atoms with E-state index in [4.69, 9.17) is 0 Å². The molecule has 0 aliphatic carbocycles. The number of hydrogen-bond acceptors (Lipinski definition) is 3. The van der Waals surface area contributed by atoms with E-state index in [-0.39, 0.29) is 23.5 Å². The lowest BCUT2D eigenvalue weighted by Crippen LogP contribution is -2.28. The van der Waals surface area contributed by atoms with E-state index in [0.29, 0.717) is 6.42 Å². The van der Waals surface area contributed by atoms with Crippen molar-refractivity contribution in [1.82, 2.24) is 0 Å². The Morgan fingerprint density at radius 1 is 1.12 bits per heavy atom. The first kappa shape index (κ1) is 15.9. The van der Waals surface area contributed by atoms with Crippen molar-refractivity contribution >= 4 is 9.84 Å². The van der Waals surface area contributed by atoms with E-state index in [1.807, 2.05) is 6.92 Å². The molecule has 0 radical (unpaired) electrons. The summed E-state index contributed by atoms with van der Waals surface area (Å²) in [6, 6.07) is 0. The van der Waals surface area contributed by atoms with Crippen LogP contribution in [0.5, 0.6) is 0 Å². The second kappa shape index (κ2) is 7.28. The van der Waals surface area contributed by atoms with Crippen LogP contribution in [-0.2, 0) is 9.84 Å². The summed E-state index contributed by atoms with van der Waals surface area (Å²) >= 11 is 0. The summed E-state index contributed by atoms with van der Waals surface area (Å²) in [5, 5.41) is 9.48. The molecule has 0 spiro atoms. The molecule has 0 aromatic carbocycles. The normalized spacial score (nSPS) is 16.0. The first-order chi connectivity index (χ1) is 7.45. The first-order valence-corrected chi connectivity index (χ1v) is 8.08. The molecule has 0 saturated carbocycles. The predicted molar refractivity (Wildman–Crippen MR) is 68.3 cm³/mol. The Balaban J connectivity index is 4.43. The van der Waals surface area contributed by atoms with Gasteiger partial charge in [0.25, 0.3) is 0 Å². The third kappa shape index (κ3) is 5.30. The molecule has 3 nitrogen and oxygen atoms in total. The monoisotopic (exact) mass is 250 g/mol. The molecule has 0 heterocycles. The van der Waals surface area contributed by atoms with Crippen LogP contribution in [0.4, 0.5) is 0 Å². The maximum atomic E-state index is 11.5. The summed E-state index contributed by atoms with van der Waals surface area (Å²) in [5.74, 6) is 0.410. The number of unbranched alkanes of at least 4 members (excludes halogenated alkanes) is 1. The smallest absolute Gasteiger partial charge is 0.150 e. The largest absolute Gasteiger partial charge is 0.396 e. The van der Waals surface area contributed by atoms with Gasteiger partial charge in [0.2, 0.25) is 0 Å². The van der Waals surface area contributed by atoms with Crippen molar-refractivity contribution in [3.05, 3.63) is 0 Å². The van der Waals surface area contributed by atoms with Crippen molar-refractivity contribution in [3.63, 3.8) is 0 Å². The Labute approximate surface area is 100 Å². The second-order valence-corrected chi connectivity index (χ2v) is 7.07. The van der Waals surface area contributed by atoms with Gasteiger partial charge in [-0.1, -0.05) is 33.6 Å². The van der Waals surface area contributed by atoms with Crippen LogP contribution in [0, 0.1) is 5.41 Å². The number of aliphatic hydroxyl groups excluding tert-OH is 1. The van der Waals surface area contributed by atoms with Crippen molar-refractivity contribution in [3.8, 4) is 0 Å². The van der Waals surface area contributed by atoms with Gasteiger partial charge in [-0.15, -0.1) is 0 Å². The van der Waals surface area contributed by atoms with Gasteiger partial charge < -0.3 is 5.11 Å². The van der Waals surface area contributed by atoms with E-state index >= 15 is 0 Å². The molecule has 0 rings (SSSR count). The lowest BCUT2D eigenvalue weighted by Gasteiger charge is -2.30. The van der Waals surface area contributed by atoms with Gasteiger partial charge >= 0.3 is 0 Å². The standard InChI is InChI=1S/C12H26O3S/c1-4-7-8-12(5-2,11-13)9-10-16(14,15)6-3/h13H,4-11H2,1-3H3. The van der Waals surface area contributed by atoms with E-state index in [1.54, 1.807) is 6.92 Å². The zero-order valence-electron chi connectivity index (χ0n) is 10.8. The van der Waals surface area contributed by atoms with Crippen molar-refractivity contribution in [2.24, 2.45) is 5.41 Å². The van der Waals surface area contributed by atoms with Crippen molar-refractivity contribution in [2.45, 2.75) is 52.9 Å². The summed E-state index contributed by atoms with van der Waals surface area (Å²) in [6.07, 6.45) is 4.51. The average Bonchev–Trinajstić information content (AvgIpc) is 2.30. The van der Waals surface area contributed by atoms with Gasteiger partial charge in [-0.2, -0.15) is 0 Å². The highest BCUT2D eigenvalue weighted by Gasteiger charge is 2.28. The predicted octanol–water partition coefficient (Wildman–Crippen LogP) is 2.39. The maximum Gasteiger partial charge on any atom is 0.150 e. The number of sulfone groups is 1. The zero-order valence-corrected chi connectivity index (χ0v) is 11.6. The molecule has 4 heteroatoms. The van der Waals surface area contributed by atoms with E-state index in [1.165, 1.54) is 0 Å². The summed E-state index contributed by atoms with van der Waals surface area (Å²) < 4.78 is 22.9. The molecule has 0 amide bonds. The van der Waals surface area contributed by atoms with Crippen molar-refractivity contribution in [2.75, 3.05) is 18.1 Å². The number of rotatable bonds is 9. The molecule has 1 atom stereocenters. The lowest BCUT2D eigenvalue weighted by atomic mass is 9.79. The third-order valence-electron chi connectivity index (χ3n) is 3.53. The van der Waals surface area contributed by atoms with Crippen LogP contribution < -0.4 is 0 Å². The van der Waals surface area contributed by atoms with Gasteiger partial charge in [-0.05, 0) is 24.7 Å². The van der Waals surface area contributed by atoms with Crippen LogP contribution >= 0.6 is 0 Å². The van der Waals surface area contributed by atoms with Crippen LogP contribution in [0.3, 0.4) is 0 Å². The molecule has 1 unspecified atom stereocenters. The molecule has 98 valence electrons.